The van der Waals surface area contributed by atoms with Crippen molar-refractivity contribution in [1.82, 2.24) is 15.6 Å². The maximum atomic E-state index is 11.8. The third kappa shape index (κ3) is 6.08. The van der Waals surface area contributed by atoms with Crippen LogP contribution < -0.4 is 20.1 Å². The monoisotopic (exact) mass is 357 g/mol. The molecule has 0 radical (unpaired) electrons. The molecule has 0 unspecified atom stereocenters. The highest BCUT2D eigenvalue weighted by atomic mass is 16.5. The molecule has 0 spiro atoms. The van der Waals surface area contributed by atoms with Crippen LogP contribution in [0.1, 0.15) is 17.5 Å². The van der Waals surface area contributed by atoms with Gasteiger partial charge in [-0.15, -0.1) is 0 Å². The van der Waals surface area contributed by atoms with Crippen LogP contribution >= 0.6 is 0 Å². The van der Waals surface area contributed by atoms with Crippen molar-refractivity contribution < 1.29 is 19.1 Å². The minimum Gasteiger partial charge on any atom is -0.493 e. The van der Waals surface area contributed by atoms with E-state index in [1.54, 1.807) is 32.7 Å². The maximum Gasteiger partial charge on any atom is 0.229 e. The number of hydrogen-bond acceptors (Lipinski definition) is 5. The standard InChI is InChI=1S/C19H23N3O4/c1-25-16-6-5-14(10-17(16)26-2)7-9-21-18(23)11-19(24)22-13-15-4-3-8-20-12-15/h3-6,8,10,12H,7,9,11,13H2,1-2H3,(H,21,23)(H,22,24). The first-order chi connectivity index (χ1) is 12.6. The van der Waals surface area contributed by atoms with Crippen molar-refractivity contribution in [3.63, 3.8) is 0 Å². The highest BCUT2D eigenvalue weighted by molar-refractivity contribution is 5.96. The van der Waals surface area contributed by atoms with E-state index in [-0.39, 0.29) is 18.2 Å². The molecule has 2 aromatic rings. The predicted molar refractivity (Wildman–Crippen MR) is 97.0 cm³/mol. The Labute approximate surface area is 152 Å². The number of benzene rings is 1. The van der Waals surface area contributed by atoms with Crippen LogP contribution in [0.2, 0.25) is 0 Å². The van der Waals surface area contributed by atoms with Crippen LogP contribution in [-0.4, -0.2) is 37.6 Å². The number of rotatable bonds is 9. The van der Waals surface area contributed by atoms with Gasteiger partial charge in [0.1, 0.15) is 6.42 Å². The summed E-state index contributed by atoms with van der Waals surface area (Å²) in [6, 6.07) is 9.25. The number of carbonyl (C=O) groups excluding carboxylic acids is 2. The number of pyridine rings is 1. The van der Waals surface area contributed by atoms with Gasteiger partial charge in [0, 0.05) is 25.5 Å². The lowest BCUT2D eigenvalue weighted by atomic mass is 10.1. The Morgan fingerprint density at radius 2 is 1.77 bits per heavy atom. The van der Waals surface area contributed by atoms with Gasteiger partial charge in [0.15, 0.2) is 11.5 Å². The lowest BCUT2D eigenvalue weighted by Gasteiger charge is -2.10. The molecule has 7 heteroatoms. The Morgan fingerprint density at radius 3 is 2.46 bits per heavy atom. The molecule has 0 bridgehead atoms. The molecule has 1 aromatic heterocycles. The first kappa shape index (κ1) is 19.2. The Balaban J connectivity index is 1.70. The Morgan fingerprint density at radius 1 is 1.00 bits per heavy atom. The Kier molecular flexibility index (Phi) is 7.42. The molecule has 26 heavy (non-hydrogen) atoms. The first-order valence-corrected chi connectivity index (χ1v) is 8.25. The molecule has 7 nitrogen and oxygen atoms in total. The van der Waals surface area contributed by atoms with Crippen LogP contribution in [0, 0.1) is 0 Å². The van der Waals surface area contributed by atoms with E-state index < -0.39 is 0 Å². The van der Waals surface area contributed by atoms with Crippen molar-refractivity contribution in [2.24, 2.45) is 0 Å². The fourth-order valence-electron chi connectivity index (χ4n) is 2.36. The summed E-state index contributed by atoms with van der Waals surface area (Å²) in [7, 11) is 3.16. The third-order valence-electron chi connectivity index (χ3n) is 3.72. The second-order valence-corrected chi connectivity index (χ2v) is 5.60. The Bertz CT molecular complexity index is 735. The quantitative estimate of drug-likeness (QED) is 0.663. The van der Waals surface area contributed by atoms with Crippen LogP contribution in [-0.2, 0) is 22.6 Å². The summed E-state index contributed by atoms with van der Waals surface area (Å²) in [5, 5.41) is 5.44. The molecular weight excluding hydrogens is 334 g/mol. The number of amides is 2. The molecule has 2 N–H and O–H groups in total. The molecule has 0 fully saturated rings. The molecule has 0 saturated heterocycles. The van der Waals surface area contributed by atoms with Gasteiger partial charge in [-0.2, -0.15) is 0 Å². The largest absolute Gasteiger partial charge is 0.493 e. The third-order valence-corrected chi connectivity index (χ3v) is 3.72. The van der Waals surface area contributed by atoms with E-state index >= 15 is 0 Å². The number of methoxy groups -OCH3 is 2. The summed E-state index contributed by atoms with van der Waals surface area (Å²) in [6.07, 6.45) is 3.76. The lowest BCUT2D eigenvalue weighted by molar-refractivity contribution is -0.129. The second kappa shape index (κ2) is 10.0. The van der Waals surface area contributed by atoms with Crippen molar-refractivity contribution in [2.45, 2.75) is 19.4 Å². The number of carbonyl (C=O) groups is 2. The van der Waals surface area contributed by atoms with Crippen molar-refractivity contribution >= 4 is 11.8 Å². The van der Waals surface area contributed by atoms with Crippen LogP contribution in [0.25, 0.3) is 0 Å². The van der Waals surface area contributed by atoms with Crippen LogP contribution in [0.4, 0.5) is 0 Å². The summed E-state index contributed by atoms with van der Waals surface area (Å²) in [5.41, 5.74) is 1.89. The summed E-state index contributed by atoms with van der Waals surface area (Å²) in [6.45, 7) is 0.787. The zero-order chi connectivity index (χ0) is 18.8. The normalized spacial score (nSPS) is 10.1. The predicted octanol–water partition coefficient (Wildman–Crippen LogP) is 1.46. The molecular formula is C19H23N3O4. The van der Waals surface area contributed by atoms with Crippen LogP contribution in [0.5, 0.6) is 11.5 Å². The highest BCUT2D eigenvalue weighted by Gasteiger charge is 2.09. The SMILES string of the molecule is COc1ccc(CCNC(=O)CC(=O)NCc2cccnc2)cc1OC. The molecule has 2 amide bonds. The molecule has 2 rings (SSSR count). The van der Waals surface area contributed by atoms with Gasteiger partial charge in [0.25, 0.3) is 0 Å². The average Bonchev–Trinajstić information content (AvgIpc) is 2.67. The van der Waals surface area contributed by atoms with Gasteiger partial charge >= 0.3 is 0 Å². The van der Waals surface area contributed by atoms with Crippen molar-refractivity contribution in [3.8, 4) is 11.5 Å². The van der Waals surface area contributed by atoms with Gasteiger partial charge in [-0.1, -0.05) is 12.1 Å². The number of nitrogens with zero attached hydrogens (tertiary/aromatic N) is 1. The number of aromatic nitrogens is 1. The van der Waals surface area contributed by atoms with Crippen LogP contribution in [0.15, 0.2) is 42.7 Å². The second-order valence-electron chi connectivity index (χ2n) is 5.60. The maximum absolute atomic E-state index is 11.8. The van der Waals surface area contributed by atoms with Gasteiger partial charge in [-0.05, 0) is 35.7 Å². The fourth-order valence-corrected chi connectivity index (χ4v) is 2.36. The molecule has 0 aliphatic rings. The van der Waals surface area contributed by atoms with E-state index in [4.69, 9.17) is 9.47 Å². The molecule has 138 valence electrons. The Hall–Kier alpha value is -3.09. The molecule has 0 atom stereocenters. The summed E-state index contributed by atoms with van der Waals surface area (Å²) in [4.78, 5) is 27.6. The van der Waals surface area contributed by atoms with Crippen molar-refractivity contribution in [1.29, 1.82) is 0 Å². The molecule has 1 heterocycles. The van der Waals surface area contributed by atoms with Crippen molar-refractivity contribution in [3.05, 3.63) is 53.9 Å². The zero-order valence-corrected chi connectivity index (χ0v) is 15.0. The molecule has 0 aliphatic carbocycles. The number of nitrogens with one attached hydrogen (secondary N) is 2. The van der Waals surface area contributed by atoms with Crippen molar-refractivity contribution in [2.75, 3.05) is 20.8 Å². The van der Waals surface area contributed by atoms with E-state index in [2.05, 4.69) is 15.6 Å². The van der Waals surface area contributed by atoms with E-state index in [9.17, 15) is 9.59 Å². The minimum absolute atomic E-state index is 0.202. The highest BCUT2D eigenvalue weighted by Crippen LogP contribution is 2.27. The van der Waals surface area contributed by atoms with Gasteiger partial charge in [0.2, 0.25) is 11.8 Å². The first-order valence-electron chi connectivity index (χ1n) is 8.25. The number of hydrogen-bond donors (Lipinski definition) is 2. The molecule has 0 aliphatic heterocycles. The fraction of sp³-hybridized carbons (Fsp3) is 0.316. The van der Waals surface area contributed by atoms with E-state index in [1.807, 2.05) is 24.3 Å². The summed E-state index contributed by atoms with van der Waals surface area (Å²) >= 11 is 0. The zero-order valence-electron chi connectivity index (χ0n) is 15.0. The molecule has 1 aromatic carbocycles. The van der Waals surface area contributed by atoms with E-state index in [1.165, 1.54) is 0 Å². The number of ether oxygens (including phenoxy) is 2. The van der Waals surface area contributed by atoms with E-state index in [0.29, 0.717) is 31.0 Å². The van der Waals surface area contributed by atoms with E-state index in [0.717, 1.165) is 11.1 Å². The molecule has 0 saturated carbocycles. The summed E-state index contributed by atoms with van der Waals surface area (Å²) in [5.74, 6) is 0.670. The smallest absolute Gasteiger partial charge is 0.229 e. The van der Waals surface area contributed by atoms with Gasteiger partial charge in [0.05, 0.1) is 14.2 Å². The van der Waals surface area contributed by atoms with Gasteiger partial charge < -0.3 is 20.1 Å². The lowest BCUT2D eigenvalue weighted by Crippen LogP contribution is -2.32. The van der Waals surface area contributed by atoms with Crippen LogP contribution in [0.3, 0.4) is 0 Å². The minimum atomic E-state index is -0.322. The topological polar surface area (TPSA) is 89.5 Å². The van der Waals surface area contributed by atoms with Gasteiger partial charge in [-0.3, -0.25) is 14.6 Å². The summed E-state index contributed by atoms with van der Waals surface area (Å²) < 4.78 is 10.4. The average molecular weight is 357 g/mol. The van der Waals surface area contributed by atoms with Gasteiger partial charge in [-0.25, -0.2) is 0 Å².